The first-order valence-electron chi connectivity index (χ1n) is 7.61. The molecule has 4 nitrogen and oxygen atoms in total. The van der Waals surface area contributed by atoms with Gasteiger partial charge in [-0.05, 0) is 42.0 Å². The second-order valence-electron chi connectivity index (χ2n) is 5.75. The molecule has 1 fully saturated rings. The summed E-state index contributed by atoms with van der Waals surface area (Å²) < 4.78 is 0. The van der Waals surface area contributed by atoms with Gasteiger partial charge in [0.1, 0.15) is 0 Å². The van der Waals surface area contributed by atoms with E-state index in [1.54, 1.807) is 41.3 Å². The number of anilines is 1. The van der Waals surface area contributed by atoms with Crippen molar-refractivity contribution in [3.05, 3.63) is 64.1 Å². The maximum absolute atomic E-state index is 12.2. The van der Waals surface area contributed by atoms with E-state index in [0.717, 1.165) is 11.3 Å². The Hall–Kier alpha value is -2.04. The van der Waals surface area contributed by atoms with Crippen LogP contribution in [0.5, 0.6) is 0 Å². The topological polar surface area (TPSA) is 49.4 Å². The molecule has 6 heteroatoms. The molecule has 24 heavy (non-hydrogen) atoms. The monoisotopic (exact) mass is 362 g/mol. The molecular weight excluding hydrogens is 347 g/mol. The van der Waals surface area contributed by atoms with Crippen molar-refractivity contribution in [2.75, 3.05) is 11.4 Å². The van der Waals surface area contributed by atoms with E-state index >= 15 is 0 Å². The fourth-order valence-electron chi connectivity index (χ4n) is 2.74. The third-order valence-electron chi connectivity index (χ3n) is 3.91. The van der Waals surface area contributed by atoms with Crippen LogP contribution in [0, 0.1) is 0 Å². The third-order valence-corrected chi connectivity index (χ3v) is 4.41. The molecule has 0 aromatic heterocycles. The van der Waals surface area contributed by atoms with Gasteiger partial charge in [0.25, 0.3) is 0 Å². The number of rotatable bonds is 4. The van der Waals surface area contributed by atoms with Gasteiger partial charge < -0.3 is 10.2 Å². The van der Waals surface area contributed by atoms with Crippen molar-refractivity contribution < 1.29 is 9.59 Å². The molecule has 1 aliphatic rings. The second kappa shape index (κ2) is 7.24. The molecule has 0 bridgehead atoms. The molecule has 1 heterocycles. The van der Waals surface area contributed by atoms with Crippen molar-refractivity contribution >= 4 is 40.7 Å². The van der Waals surface area contributed by atoms with E-state index in [1.165, 1.54) is 0 Å². The van der Waals surface area contributed by atoms with E-state index in [4.69, 9.17) is 23.2 Å². The highest BCUT2D eigenvalue weighted by Crippen LogP contribution is 2.23. The summed E-state index contributed by atoms with van der Waals surface area (Å²) in [5.74, 6) is -0.109. The van der Waals surface area contributed by atoms with Gasteiger partial charge in [0.2, 0.25) is 11.8 Å². The van der Waals surface area contributed by atoms with Crippen molar-refractivity contribution in [2.24, 2.45) is 0 Å². The maximum atomic E-state index is 12.2. The quantitative estimate of drug-likeness (QED) is 0.905. The van der Waals surface area contributed by atoms with Crippen LogP contribution in [-0.2, 0) is 16.0 Å². The molecule has 2 amide bonds. The van der Waals surface area contributed by atoms with Crippen LogP contribution in [0.3, 0.4) is 0 Å². The molecule has 1 N–H and O–H groups in total. The number of halogens is 2. The zero-order chi connectivity index (χ0) is 17.1. The number of hydrogen-bond acceptors (Lipinski definition) is 2. The van der Waals surface area contributed by atoms with E-state index in [1.807, 2.05) is 12.1 Å². The predicted molar refractivity (Wildman–Crippen MR) is 95.5 cm³/mol. The van der Waals surface area contributed by atoms with Crippen LogP contribution in [0.2, 0.25) is 10.0 Å². The van der Waals surface area contributed by atoms with Crippen LogP contribution in [0.1, 0.15) is 12.0 Å². The third kappa shape index (κ3) is 4.08. The van der Waals surface area contributed by atoms with E-state index in [0.29, 0.717) is 23.0 Å². The lowest BCUT2D eigenvalue weighted by Crippen LogP contribution is -2.38. The molecule has 1 aliphatic heterocycles. The van der Waals surface area contributed by atoms with Crippen molar-refractivity contribution in [3.63, 3.8) is 0 Å². The Kier molecular flexibility index (Phi) is 5.07. The van der Waals surface area contributed by atoms with Gasteiger partial charge in [0.05, 0.1) is 12.5 Å². The zero-order valence-corrected chi connectivity index (χ0v) is 14.3. The fraction of sp³-hybridized carbons (Fsp3) is 0.222. The number of carbonyl (C=O) groups is 2. The summed E-state index contributed by atoms with van der Waals surface area (Å²) in [5, 5.41) is 4.18. The second-order valence-corrected chi connectivity index (χ2v) is 6.63. The first-order valence-corrected chi connectivity index (χ1v) is 8.36. The average Bonchev–Trinajstić information content (AvgIpc) is 2.90. The maximum Gasteiger partial charge on any atom is 0.229 e. The average molecular weight is 363 g/mol. The molecule has 1 atom stereocenters. The lowest BCUT2D eigenvalue weighted by molar-refractivity contribution is -0.121. The Morgan fingerprint density at radius 1 is 1.04 bits per heavy atom. The molecule has 2 aromatic rings. The predicted octanol–water partition coefficient (Wildman–Crippen LogP) is 3.46. The number of carbonyl (C=O) groups excluding carboxylic acids is 2. The van der Waals surface area contributed by atoms with Crippen LogP contribution >= 0.6 is 23.2 Å². The molecule has 0 saturated carbocycles. The molecule has 0 radical (unpaired) electrons. The van der Waals surface area contributed by atoms with E-state index in [9.17, 15) is 9.59 Å². The number of nitrogens with one attached hydrogen (secondary N) is 1. The number of hydrogen-bond donors (Lipinski definition) is 1. The summed E-state index contributed by atoms with van der Waals surface area (Å²) in [6.45, 7) is 0.465. The largest absolute Gasteiger partial charge is 0.351 e. The van der Waals surface area contributed by atoms with Gasteiger partial charge in [-0.2, -0.15) is 0 Å². The van der Waals surface area contributed by atoms with Gasteiger partial charge in [0, 0.05) is 28.7 Å². The van der Waals surface area contributed by atoms with Gasteiger partial charge in [-0.1, -0.05) is 35.3 Å². The Morgan fingerprint density at radius 3 is 2.25 bits per heavy atom. The summed E-state index contributed by atoms with van der Waals surface area (Å²) in [5.41, 5.74) is 1.68. The van der Waals surface area contributed by atoms with E-state index in [2.05, 4.69) is 5.32 Å². The lowest BCUT2D eigenvalue weighted by atomic mass is 10.1. The zero-order valence-electron chi connectivity index (χ0n) is 12.8. The molecule has 0 spiro atoms. The smallest absolute Gasteiger partial charge is 0.229 e. The SMILES string of the molecule is O=C(Cc1ccc(Cl)cc1)NC1CC(=O)N(c2ccc(Cl)cc2)C1. The summed E-state index contributed by atoms with van der Waals surface area (Å²) in [6.07, 6.45) is 0.567. The lowest BCUT2D eigenvalue weighted by Gasteiger charge is -2.17. The minimum Gasteiger partial charge on any atom is -0.351 e. The van der Waals surface area contributed by atoms with Crippen molar-refractivity contribution in [2.45, 2.75) is 18.9 Å². The normalized spacial score (nSPS) is 17.2. The molecule has 1 unspecified atom stereocenters. The van der Waals surface area contributed by atoms with E-state index < -0.39 is 0 Å². The molecule has 1 saturated heterocycles. The summed E-state index contributed by atoms with van der Waals surface area (Å²) in [4.78, 5) is 26.0. The van der Waals surface area contributed by atoms with Crippen LogP contribution in [0.4, 0.5) is 5.69 Å². The highest BCUT2D eigenvalue weighted by Gasteiger charge is 2.31. The van der Waals surface area contributed by atoms with Gasteiger partial charge in [-0.25, -0.2) is 0 Å². The van der Waals surface area contributed by atoms with Crippen LogP contribution in [0.15, 0.2) is 48.5 Å². The first-order chi connectivity index (χ1) is 11.5. The van der Waals surface area contributed by atoms with Crippen LogP contribution in [-0.4, -0.2) is 24.4 Å². The van der Waals surface area contributed by atoms with Gasteiger partial charge in [-0.3, -0.25) is 9.59 Å². The Morgan fingerprint density at radius 2 is 1.62 bits per heavy atom. The standard InChI is InChI=1S/C18H16Cl2N2O2/c19-13-3-1-12(2-4-13)9-17(23)21-15-10-18(24)22(11-15)16-7-5-14(20)6-8-16/h1-8,15H,9-11H2,(H,21,23). The number of amides is 2. The molecular formula is C18H16Cl2N2O2. The molecule has 3 rings (SSSR count). The van der Waals surface area contributed by atoms with E-state index in [-0.39, 0.29) is 24.3 Å². The molecule has 0 aliphatic carbocycles. The van der Waals surface area contributed by atoms with Gasteiger partial charge in [-0.15, -0.1) is 0 Å². The van der Waals surface area contributed by atoms with Gasteiger partial charge in [0.15, 0.2) is 0 Å². The number of benzene rings is 2. The van der Waals surface area contributed by atoms with Gasteiger partial charge >= 0.3 is 0 Å². The van der Waals surface area contributed by atoms with Crippen molar-refractivity contribution in [1.82, 2.24) is 5.32 Å². The highest BCUT2D eigenvalue weighted by molar-refractivity contribution is 6.30. The fourth-order valence-corrected chi connectivity index (χ4v) is 2.99. The first kappa shape index (κ1) is 16.8. The Bertz CT molecular complexity index is 745. The van der Waals surface area contributed by atoms with Crippen molar-refractivity contribution in [3.8, 4) is 0 Å². The van der Waals surface area contributed by atoms with Crippen molar-refractivity contribution in [1.29, 1.82) is 0 Å². The Labute approximate surface area is 150 Å². The van der Waals surface area contributed by atoms with Crippen LogP contribution in [0.25, 0.3) is 0 Å². The minimum absolute atomic E-state index is 0.00545. The summed E-state index contributed by atoms with van der Waals surface area (Å²) in [7, 11) is 0. The minimum atomic E-state index is -0.187. The number of nitrogens with zero attached hydrogens (tertiary/aromatic N) is 1. The highest BCUT2D eigenvalue weighted by atomic mass is 35.5. The van der Waals surface area contributed by atoms with Crippen LogP contribution < -0.4 is 10.2 Å². The molecule has 124 valence electrons. The molecule has 2 aromatic carbocycles. The Balaban J connectivity index is 1.58. The summed E-state index contributed by atoms with van der Waals surface area (Å²) in [6, 6.07) is 14.1. The summed E-state index contributed by atoms with van der Waals surface area (Å²) >= 11 is 11.7.